The van der Waals surface area contributed by atoms with Crippen molar-refractivity contribution in [2.24, 2.45) is 0 Å². The van der Waals surface area contributed by atoms with E-state index in [0.29, 0.717) is 5.69 Å². The van der Waals surface area contributed by atoms with E-state index in [1.165, 1.54) is 0 Å². The Bertz CT molecular complexity index is 342. The maximum atomic E-state index is 6.90. The highest BCUT2D eigenvalue weighted by Gasteiger charge is 2.07. The summed E-state index contributed by atoms with van der Waals surface area (Å²) in [4.78, 5) is 3.40. The quantitative estimate of drug-likeness (QED) is 0.705. The summed E-state index contributed by atoms with van der Waals surface area (Å²) in [5.74, 6) is 0. The van der Waals surface area contributed by atoms with Crippen molar-refractivity contribution in [3.8, 4) is 0 Å². The summed E-state index contributed by atoms with van der Waals surface area (Å²) in [5, 5.41) is 3.39. The number of nitrogens with zero attached hydrogens (tertiary/aromatic N) is 1. The number of rotatable bonds is 2. The molecule has 74 valence electrons. The van der Waals surface area contributed by atoms with Crippen molar-refractivity contribution in [2.75, 3.05) is 0 Å². The molecule has 14 heavy (non-hydrogen) atoms. The maximum absolute atomic E-state index is 6.90. The van der Waals surface area contributed by atoms with Crippen molar-refractivity contribution in [1.82, 2.24) is 5.32 Å². The second kappa shape index (κ2) is 4.26. The van der Waals surface area contributed by atoms with Crippen LogP contribution in [-0.2, 0) is 6.54 Å². The van der Waals surface area contributed by atoms with Gasteiger partial charge in [0, 0.05) is 12.1 Å². The summed E-state index contributed by atoms with van der Waals surface area (Å²) in [5.41, 5.74) is 1.99. The largest absolute Gasteiger partial charge is 0.308 e. The zero-order chi connectivity index (χ0) is 10.6. The molecule has 0 saturated carbocycles. The van der Waals surface area contributed by atoms with Gasteiger partial charge in [0.05, 0.1) is 6.57 Å². The Kier molecular flexibility index (Phi) is 3.27. The molecule has 0 fully saturated rings. The zero-order valence-corrected chi connectivity index (χ0v) is 8.96. The fourth-order valence-corrected chi connectivity index (χ4v) is 1.10. The van der Waals surface area contributed by atoms with Crippen molar-refractivity contribution in [1.29, 1.82) is 0 Å². The molecule has 1 aromatic carbocycles. The van der Waals surface area contributed by atoms with Crippen LogP contribution in [0.25, 0.3) is 4.85 Å². The van der Waals surface area contributed by atoms with Gasteiger partial charge in [-0.15, -0.1) is 0 Å². The standard InChI is InChI=1S/C12H16N2/c1-12(2,3)14-9-10-6-5-7-11(8-10)13-4/h5-8,14H,9H2,1-3H3. The normalized spacial score (nSPS) is 11.0. The minimum atomic E-state index is 0.119. The summed E-state index contributed by atoms with van der Waals surface area (Å²) in [7, 11) is 0. The van der Waals surface area contributed by atoms with E-state index in [1.54, 1.807) is 0 Å². The Balaban J connectivity index is 2.65. The number of benzene rings is 1. The molecule has 0 atom stereocenters. The van der Waals surface area contributed by atoms with E-state index in [4.69, 9.17) is 6.57 Å². The summed E-state index contributed by atoms with van der Waals surface area (Å²) in [6.07, 6.45) is 0. The van der Waals surface area contributed by atoms with E-state index in [9.17, 15) is 0 Å². The van der Waals surface area contributed by atoms with Crippen molar-refractivity contribution in [3.05, 3.63) is 41.2 Å². The Morgan fingerprint density at radius 3 is 2.64 bits per heavy atom. The van der Waals surface area contributed by atoms with Gasteiger partial charge in [-0.3, -0.25) is 0 Å². The average Bonchev–Trinajstić information content (AvgIpc) is 2.14. The minimum absolute atomic E-state index is 0.119. The Morgan fingerprint density at radius 2 is 2.07 bits per heavy atom. The van der Waals surface area contributed by atoms with Gasteiger partial charge in [0.1, 0.15) is 0 Å². The highest BCUT2D eigenvalue weighted by Crippen LogP contribution is 2.14. The van der Waals surface area contributed by atoms with Gasteiger partial charge in [0.25, 0.3) is 0 Å². The Hall–Kier alpha value is -1.33. The first kappa shape index (κ1) is 10.7. The van der Waals surface area contributed by atoms with Crippen LogP contribution in [0.1, 0.15) is 26.3 Å². The van der Waals surface area contributed by atoms with Crippen LogP contribution in [-0.4, -0.2) is 5.54 Å². The first-order chi connectivity index (χ1) is 6.51. The molecule has 0 radical (unpaired) electrons. The first-order valence-electron chi connectivity index (χ1n) is 4.73. The molecule has 0 aromatic heterocycles. The molecule has 0 aliphatic heterocycles. The van der Waals surface area contributed by atoms with Crippen LogP contribution in [0.5, 0.6) is 0 Å². The third-order valence-corrected chi connectivity index (χ3v) is 1.86. The molecule has 0 saturated heterocycles. The summed E-state index contributed by atoms with van der Waals surface area (Å²) < 4.78 is 0. The van der Waals surface area contributed by atoms with Gasteiger partial charge in [0.2, 0.25) is 0 Å². The van der Waals surface area contributed by atoms with E-state index in [1.807, 2.05) is 24.3 Å². The predicted molar refractivity (Wildman–Crippen MR) is 59.3 cm³/mol. The van der Waals surface area contributed by atoms with Crippen molar-refractivity contribution in [2.45, 2.75) is 32.9 Å². The molecule has 0 bridgehead atoms. The second-order valence-electron chi connectivity index (χ2n) is 4.39. The van der Waals surface area contributed by atoms with Gasteiger partial charge < -0.3 is 5.32 Å². The molecule has 2 heteroatoms. The summed E-state index contributed by atoms with van der Waals surface area (Å²) in [6.45, 7) is 14.1. The van der Waals surface area contributed by atoms with Gasteiger partial charge >= 0.3 is 0 Å². The molecular formula is C12H16N2. The van der Waals surface area contributed by atoms with Gasteiger partial charge in [0.15, 0.2) is 5.69 Å². The highest BCUT2D eigenvalue weighted by molar-refractivity contribution is 5.46. The third kappa shape index (κ3) is 3.59. The van der Waals surface area contributed by atoms with Crippen LogP contribution in [0.3, 0.4) is 0 Å². The van der Waals surface area contributed by atoms with Gasteiger partial charge in [-0.05, 0) is 26.3 Å². The lowest BCUT2D eigenvalue weighted by Gasteiger charge is -2.20. The van der Waals surface area contributed by atoms with Crippen molar-refractivity contribution in [3.63, 3.8) is 0 Å². The second-order valence-corrected chi connectivity index (χ2v) is 4.39. The summed E-state index contributed by atoms with van der Waals surface area (Å²) >= 11 is 0. The van der Waals surface area contributed by atoms with Crippen LogP contribution in [0.4, 0.5) is 5.69 Å². The smallest absolute Gasteiger partial charge is 0.187 e. The molecule has 0 unspecified atom stereocenters. The molecule has 0 heterocycles. The van der Waals surface area contributed by atoms with Gasteiger partial charge in [-0.1, -0.05) is 24.3 Å². The van der Waals surface area contributed by atoms with E-state index in [0.717, 1.165) is 12.1 Å². The zero-order valence-electron chi connectivity index (χ0n) is 8.96. The predicted octanol–water partition coefficient (Wildman–Crippen LogP) is 3.13. The molecule has 1 N–H and O–H groups in total. The van der Waals surface area contributed by atoms with Crippen LogP contribution < -0.4 is 5.32 Å². The van der Waals surface area contributed by atoms with Crippen LogP contribution in [0.15, 0.2) is 24.3 Å². The third-order valence-electron chi connectivity index (χ3n) is 1.86. The maximum Gasteiger partial charge on any atom is 0.187 e. The highest BCUT2D eigenvalue weighted by atomic mass is 14.9. The number of hydrogen-bond donors (Lipinski definition) is 1. The van der Waals surface area contributed by atoms with Gasteiger partial charge in [-0.2, -0.15) is 0 Å². The number of nitrogens with one attached hydrogen (secondary N) is 1. The molecule has 1 aromatic rings. The lowest BCUT2D eigenvalue weighted by Crippen LogP contribution is -2.34. The topological polar surface area (TPSA) is 16.4 Å². The van der Waals surface area contributed by atoms with Crippen LogP contribution in [0, 0.1) is 6.57 Å². The SMILES string of the molecule is [C-]#[N+]c1cccc(CNC(C)(C)C)c1. The van der Waals surface area contributed by atoms with Crippen molar-refractivity contribution >= 4 is 5.69 Å². The average molecular weight is 188 g/mol. The lowest BCUT2D eigenvalue weighted by molar-refractivity contribution is 0.424. The Morgan fingerprint density at radius 1 is 1.36 bits per heavy atom. The number of hydrogen-bond acceptors (Lipinski definition) is 1. The molecule has 0 aliphatic carbocycles. The fourth-order valence-electron chi connectivity index (χ4n) is 1.10. The van der Waals surface area contributed by atoms with E-state index in [-0.39, 0.29) is 5.54 Å². The molecule has 0 aliphatic rings. The van der Waals surface area contributed by atoms with E-state index in [2.05, 4.69) is 30.9 Å². The summed E-state index contributed by atoms with van der Waals surface area (Å²) in [6, 6.07) is 7.71. The molecular weight excluding hydrogens is 172 g/mol. The molecule has 1 rings (SSSR count). The van der Waals surface area contributed by atoms with E-state index < -0.39 is 0 Å². The van der Waals surface area contributed by atoms with E-state index >= 15 is 0 Å². The molecule has 0 spiro atoms. The first-order valence-corrected chi connectivity index (χ1v) is 4.73. The fraction of sp³-hybridized carbons (Fsp3) is 0.417. The Labute approximate surface area is 85.8 Å². The minimum Gasteiger partial charge on any atom is -0.308 e. The molecule has 0 amide bonds. The van der Waals surface area contributed by atoms with Crippen molar-refractivity contribution < 1.29 is 0 Å². The lowest BCUT2D eigenvalue weighted by atomic mass is 10.1. The monoisotopic (exact) mass is 188 g/mol. The van der Waals surface area contributed by atoms with Crippen LogP contribution in [0.2, 0.25) is 0 Å². The molecule has 2 nitrogen and oxygen atoms in total. The van der Waals surface area contributed by atoms with Gasteiger partial charge in [-0.25, -0.2) is 4.85 Å². The van der Waals surface area contributed by atoms with Crippen LogP contribution >= 0.6 is 0 Å².